The average Bonchev–Trinajstić information content (AvgIpc) is 3.41. The standard InChI is InChI=1S/C31H33BrClN5O2/c1-16-17(2)25-18(3)28(36-24(25)10-23(16)30(4,5)6)40-15-31(7,8)38-14-22(21-13-35-29(33)37-27(21)38)26(39)19-9-20(32)12-34-11-19/h9-14,36H,15H2,1-8H3. The Balaban J connectivity index is 1.53. The molecule has 208 valence electrons. The second kappa shape index (κ2) is 10.00. The molecule has 9 heteroatoms. The fourth-order valence-corrected chi connectivity index (χ4v) is 5.88. The molecule has 0 amide bonds. The van der Waals surface area contributed by atoms with Crippen molar-refractivity contribution in [1.82, 2.24) is 24.5 Å². The average molecular weight is 623 g/mol. The number of aromatic nitrogens is 5. The Hall–Kier alpha value is -3.23. The van der Waals surface area contributed by atoms with Gasteiger partial charge in [-0.15, -0.1) is 0 Å². The fraction of sp³-hybridized carbons (Fsp3) is 0.355. The van der Waals surface area contributed by atoms with Crippen molar-refractivity contribution < 1.29 is 9.53 Å². The lowest BCUT2D eigenvalue weighted by molar-refractivity contribution is 0.103. The maximum absolute atomic E-state index is 13.5. The molecule has 7 nitrogen and oxygen atoms in total. The monoisotopic (exact) mass is 621 g/mol. The number of nitrogens with one attached hydrogen (secondary N) is 1. The Bertz CT molecular complexity index is 1800. The van der Waals surface area contributed by atoms with Gasteiger partial charge in [-0.3, -0.25) is 9.78 Å². The van der Waals surface area contributed by atoms with E-state index in [4.69, 9.17) is 16.3 Å². The summed E-state index contributed by atoms with van der Waals surface area (Å²) < 4.78 is 9.13. The van der Waals surface area contributed by atoms with Gasteiger partial charge in [-0.05, 0) is 96.4 Å². The summed E-state index contributed by atoms with van der Waals surface area (Å²) in [6.07, 6.45) is 6.59. The number of aromatic amines is 1. The minimum atomic E-state index is -0.588. The summed E-state index contributed by atoms with van der Waals surface area (Å²) >= 11 is 9.61. The van der Waals surface area contributed by atoms with Crippen LogP contribution in [0.1, 0.15) is 72.8 Å². The van der Waals surface area contributed by atoms with Gasteiger partial charge in [-0.2, -0.15) is 4.98 Å². The number of fused-ring (bicyclic) bond motifs is 2. The third kappa shape index (κ3) is 4.92. The number of carbonyl (C=O) groups excluding carboxylic acids is 1. The number of hydrogen-bond acceptors (Lipinski definition) is 5. The zero-order valence-corrected chi connectivity index (χ0v) is 26.4. The van der Waals surface area contributed by atoms with E-state index in [-0.39, 0.29) is 16.5 Å². The Kier molecular flexibility index (Phi) is 7.07. The van der Waals surface area contributed by atoms with Gasteiger partial charge in [0.25, 0.3) is 0 Å². The summed E-state index contributed by atoms with van der Waals surface area (Å²) in [5.41, 5.74) is 6.98. The normalized spacial score (nSPS) is 12.4. The van der Waals surface area contributed by atoms with Crippen molar-refractivity contribution in [3.05, 3.63) is 80.1 Å². The Morgan fingerprint density at radius 2 is 1.77 bits per heavy atom. The molecule has 0 saturated carbocycles. The lowest BCUT2D eigenvalue weighted by atomic mass is 9.81. The first kappa shape index (κ1) is 28.3. The first-order valence-electron chi connectivity index (χ1n) is 13.1. The summed E-state index contributed by atoms with van der Waals surface area (Å²) in [6, 6.07) is 3.99. The zero-order valence-electron chi connectivity index (χ0n) is 24.0. The largest absolute Gasteiger partial charge is 0.476 e. The summed E-state index contributed by atoms with van der Waals surface area (Å²) in [5.74, 6) is 0.560. The summed E-state index contributed by atoms with van der Waals surface area (Å²) in [6.45, 7) is 17.6. The minimum Gasteiger partial charge on any atom is -0.476 e. The van der Waals surface area contributed by atoms with Crippen LogP contribution >= 0.6 is 27.5 Å². The third-order valence-electron chi connectivity index (χ3n) is 7.62. The van der Waals surface area contributed by atoms with Crippen LogP contribution in [-0.2, 0) is 11.0 Å². The van der Waals surface area contributed by atoms with E-state index >= 15 is 0 Å². The number of ketones is 1. The number of halogens is 2. The predicted molar refractivity (Wildman–Crippen MR) is 164 cm³/mol. The van der Waals surface area contributed by atoms with Gasteiger partial charge in [-0.25, -0.2) is 4.98 Å². The summed E-state index contributed by atoms with van der Waals surface area (Å²) in [4.78, 5) is 29.8. The number of ether oxygens (including phenoxy) is 1. The maximum Gasteiger partial charge on any atom is 0.224 e. The lowest BCUT2D eigenvalue weighted by Gasteiger charge is -2.27. The van der Waals surface area contributed by atoms with Gasteiger partial charge in [0.15, 0.2) is 11.7 Å². The number of hydrogen-bond donors (Lipinski definition) is 1. The molecule has 4 aromatic heterocycles. The molecule has 0 radical (unpaired) electrons. The molecule has 5 aromatic rings. The van der Waals surface area contributed by atoms with E-state index in [1.165, 1.54) is 22.1 Å². The highest BCUT2D eigenvalue weighted by atomic mass is 79.9. The van der Waals surface area contributed by atoms with E-state index in [0.717, 1.165) is 21.4 Å². The van der Waals surface area contributed by atoms with Crippen LogP contribution in [0.15, 0.2) is 41.4 Å². The van der Waals surface area contributed by atoms with Crippen LogP contribution in [0, 0.1) is 20.8 Å². The Morgan fingerprint density at radius 3 is 2.45 bits per heavy atom. The van der Waals surface area contributed by atoms with E-state index in [0.29, 0.717) is 28.8 Å². The SMILES string of the molecule is Cc1c(C(C)(C)C)cc2[nH]c(OCC(C)(C)n3cc(C(=O)c4cncc(Br)c4)c4cnc(Cl)nc43)c(C)c2c1C. The smallest absolute Gasteiger partial charge is 0.224 e. The van der Waals surface area contributed by atoms with Crippen molar-refractivity contribution in [3.63, 3.8) is 0 Å². The van der Waals surface area contributed by atoms with Crippen molar-refractivity contribution in [1.29, 1.82) is 0 Å². The van der Waals surface area contributed by atoms with Crippen LogP contribution < -0.4 is 4.74 Å². The van der Waals surface area contributed by atoms with E-state index in [2.05, 4.69) is 83.5 Å². The number of carbonyl (C=O) groups is 1. The van der Waals surface area contributed by atoms with Gasteiger partial charge < -0.3 is 14.3 Å². The molecule has 4 heterocycles. The fourth-order valence-electron chi connectivity index (χ4n) is 5.39. The Morgan fingerprint density at radius 1 is 1.05 bits per heavy atom. The molecule has 40 heavy (non-hydrogen) atoms. The predicted octanol–water partition coefficient (Wildman–Crippen LogP) is 7.99. The number of benzene rings is 1. The summed E-state index contributed by atoms with van der Waals surface area (Å²) in [5, 5.41) is 1.92. The highest BCUT2D eigenvalue weighted by Crippen LogP contribution is 2.38. The van der Waals surface area contributed by atoms with Crippen molar-refractivity contribution in [3.8, 4) is 5.88 Å². The van der Waals surface area contributed by atoms with Crippen LogP contribution in [0.25, 0.3) is 21.9 Å². The molecule has 0 fully saturated rings. The molecule has 0 aliphatic carbocycles. The molecule has 0 aliphatic heterocycles. The van der Waals surface area contributed by atoms with Crippen LogP contribution in [0.4, 0.5) is 0 Å². The van der Waals surface area contributed by atoms with Gasteiger partial charge in [0, 0.05) is 56.7 Å². The molecule has 1 aromatic carbocycles. The molecule has 0 bridgehead atoms. The van der Waals surface area contributed by atoms with Gasteiger partial charge >= 0.3 is 0 Å². The second-order valence-corrected chi connectivity index (χ2v) is 13.3. The van der Waals surface area contributed by atoms with E-state index < -0.39 is 5.54 Å². The molecule has 5 rings (SSSR count). The molecule has 0 spiro atoms. The molecule has 0 unspecified atom stereocenters. The number of aryl methyl sites for hydroxylation is 2. The summed E-state index contributed by atoms with van der Waals surface area (Å²) in [7, 11) is 0. The molecule has 0 aliphatic rings. The minimum absolute atomic E-state index is 0.0324. The van der Waals surface area contributed by atoms with Crippen LogP contribution in [-0.4, -0.2) is 36.9 Å². The van der Waals surface area contributed by atoms with Gasteiger partial charge in [0.1, 0.15) is 12.3 Å². The lowest BCUT2D eigenvalue weighted by Crippen LogP contribution is -2.33. The topological polar surface area (TPSA) is 85.7 Å². The zero-order chi connectivity index (χ0) is 29.1. The van der Waals surface area contributed by atoms with Gasteiger partial charge in [0.05, 0.1) is 11.1 Å². The molecule has 0 saturated heterocycles. The quantitative estimate of drug-likeness (QED) is 0.153. The maximum atomic E-state index is 13.5. The molecule has 1 N–H and O–H groups in total. The van der Waals surface area contributed by atoms with Crippen molar-refractivity contribution in [2.75, 3.05) is 6.61 Å². The number of H-pyrrole nitrogens is 1. The van der Waals surface area contributed by atoms with Gasteiger partial charge in [0.2, 0.25) is 5.28 Å². The molecular formula is C31H33BrClN5O2. The third-order valence-corrected chi connectivity index (χ3v) is 8.24. The molecular weight excluding hydrogens is 590 g/mol. The highest BCUT2D eigenvalue weighted by molar-refractivity contribution is 9.10. The van der Waals surface area contributed by atoms with E-state index in [1.807, 2.05) is 24.6 Å². The Labute approximate surface area is 247 Å². The molecule has 0 atom stereocenters. The number of rotatable bonds is 6. The number of pyridine rings is 1. The first-order valence-corrected chi connectivity index (χ1v) is 14.3. The van der Waals surface area contributed by atoms with Crippen LogP contribution in [0.2, 0.25) is 5.28 Å². The van der Waals surface area contributed by atoms with Crippen molar-refractivity contribution in [2.45, 2.75) is 66.3 Å². The van der Waals surface area contributed by atoms with Crippen LogP contribution in [0.5, 0.6) is 5.88 Å². The van der Waals surface area contributed by atoms with E-state index in [9.17, 15) is 4.79 Å². The van der Waals surface area contributed by atoms with Crippen molar-refractivity contribution in [2.24, 2.45) is 0 Å². The second-order valence-electron chi connectivity index (χ2n) is 12.0. The number of nitrogens with zero attached hydrogens (tertiary/aromatic N) is 4. The van der Waals surface area contributed by atoms with Gasteiger partial charge in [-0.1, -0.05) is 20.8 Å². The first-order chi connectivity index (χ1) is 18.7. The highest BCUT2D eigenvalue weighted by Gasteiger charge is 2.29. The van der Waals surface area contributed by atoms with Crippen LogP contribution in [0.3, 0.4) is 0 Å². The van der Waals surface area contributed by atoms with E-state index in [1.54, 1.807) is 24.7 Å². The van der Waals surface area contributed by atoms with Crippen molar-refractivity contribution >= 4 is 55.3 Å².